The molecule has 2 rings (SSSR count). The lowest BCUT2D eigenvalue weighted by atomic mass is 10.1. The molecular weight excluding hydrogens is 294 g/mol. The van der Waals surface area contributed by atoms with Gasteiger partial charge >= 0.3 is 0 Å². The standard InChI is InChI=1S/C17H25N3O3/c21-16(8-4-5-9-17(22)19-23)18-15-10-11-20(13-15)12-14-6-2-1-3-7-14/h1-3,6-7,15,23H,4-5,8-13H2,(H,18,21)(H,19,22)/t15-/m0/s1. The number of hydrogen-bond donors (Lipinski definition) is 3. The average Bonchev–Trinajstić information content (AvgIpc) is 2.99. The second-order valence-corrected chi connectivity index (χ2v) is 6.02. The minimum absolute atomic E-state index is 0.0426. The molecule has 0 spiro atoms. The first kappa shape index (κ1) is 17.4. The molecule has 3 N–H and O–H groups in total. The van der Waals surface area contributed by atoms with Crippen LogP contribution in [0.15, 0.2) is 30.3 Å². The van der Waals surface area contributed by atoms with Gasteiger partial charge in [-0.3, -0.25) is 19.7 Å². The fourth-order valence-electron chi connectivity index (χ4n) is 2.86. The molecule has 6 heteroatoms. The molecule has 1 saturated heterocycles. The third-order valence-corrected chi connectivity index (χ3v) is 4.07. The Bertz CT molecular complexity index is 507. The number of hydroxylamine groups is 1. The smallest absolute Gasteiger partial charge is 0.243 e. The Balaban J connectivity index is 1.61. The normalized spacial score (nSPS) is 17.9. The third-order valence-electron chi connectivity index (χ3n) is 4.07. The summed E-state index contributed by atoms with van der Waals surface area (Å²) in [6.45, 7) is 2.80. The van der Waals surface area contributed by atoms with Gasteiger partial charge in [0.15, 0.2) is 0 Å². The Labute approximate surface area is 136 Å². The first-order valence-electron chi connectivity index (χ1n) is 8.16. The number of benzene rings is 1. The topological polar surface area (TPSA) is 81.7 Å². The third kappa shape index (κ3) is 6.38. The predicted molar refractivity (Wildman–Crippen MR) is 86.7 cm³/mol. The van der Waals surface area contributed by atoms with Gasteiger partial charge in [0.2, 0.25) is 11.8 Å². The lowest BCUT2D eigenvalue weighted by Crippen LogP contribution is -2.36. The van der Waals surface area contributed by atoms with Crippen molar-refractivity contribution in [2.45, 2.75) is 44.7 Å². The van der Waals surface area contributed by atoms with E-state index in [4.69, 9.17) is 5.21 Å². The second-order valence-electron chi connectivity index (χ2n) is 6.02. The van der Waals surface area contributed by atoms with E-state index in [1.54, 1.807) is 5.48 Å². The summed E-state index contributed by atoms with van der Waals surface area (Å²) in [4.78, 5) is 25.1. The summed E-state index contributed by atoms with van der Waals surface area (Å²) >= 11 is 0. The van der Waals surface area contributed by atoms with Crippen molar-refractivity contribution in [3.8, 4) is 0 Å². The van der Waals surface area contributed by atoms with Crippen LogP contribution >= 0.6 is 0 Å². The Hall–Kier alpha value is -1.92. The van der Waals surface area contributed by atoms with E-state index in [1.165, 1.54) is 5.56 Å². The van der Waals surface area contributed by atoms with E-state index in [-0.39, 0.29) is 18.4 Å². The van der Waals surface area contributed by atoms with Crippen LogP contribution in [0.3, 0.4) is 0 Å². The second kappa shape index (κ2) is 9.27. The molecule has 0 bridgehead atoms. The van der Waals surface area contributed by atoms with Gasteiger partial charge in [-0.05, 0) is 24.8 Å². The summed E-state index contributed by atoms with van der Waals surface area (Å²) in [6.07, 6.45) is 2.90. The van der Waals surface area contributed by atoms with Gasteiger partial charge in [0.05, 0.1) is 0 Å². The van der Waals surface area contributed by atoms with Crippen LogP contribution < -0.4 is 10.8 Å². The maximum absolute atomic E-state index is 11.9. The van der Waals surface area contributed by atoms with E-state index in [9.17, 15) is 9.59 Å². The van der Waals surface area contributed by atoms with E-state index >= 15 is 0 Å². The van der Waals surface area contributed by atoms with E-state index in [0.29, 0.717) is 19.3 Å². The zero-order chi connectivity index (χ0) is 16.5. The largest absolute Gasteiger partial charge is 0.352 e. The average molecular weight is 319 g/mol. The summed E-state index contributed by atoms with van der Waals surface area (Å²) in [5, 5.41) is 11.4. The summed E-state index contributed by atoms with van der Waals surface area (Å²) < 4.78 is 0. The van der Waals surface area contributed by atoms with Crippen LogP contribution in [0.4, 0.5) is 0 Å². The van der Waals surface area contributed by atoms with Crippen molar-refractivity contribution in [1.29, 1.82) is 0 Å². The molecule has 1 heterocycles. The Morgan fingerprint density at radius 1 is 1.13 bits per heavy atom. The first-order chi connectivity index (χ1) is 11.2. The number of carbonyl (C=O) groups is 2. The fourth-order valence-corrected chi connectivity index (χ4v) is 2.86. The molecule has 1 aromatic carbocycles. The van der Waals surface area contributed by atoms with Gasteiger partial charge in [0.1, 0.15) is 0 Å². The molecule has 1 aliphatic heterocycles. The molecule has 126 valence electrons. The van der Waals surface area contributed by atoms with Crippen molar-refractivity contribution < 1.29 is 14.8 Å². The lowest BCUT2D eigenvalue weighted by Gasteiger charge is -2.16. The maximum atomic E-state index is 11.9. The lowest BCUT2D eigenvalue weighted by molar-refractivity contribution is -0.129. The molecule has 1 atom stereocenters. The number of amides is 2. The molecule has 0 radical (unpaired) electrons. The van der Waals surface area contributed by atoms with Crippen molar-refractivity contribution in [2.75, 3.05) is 13.1 Å². The van der Waals surface area contributed by atoms with Crippen molar-refractivity contribution in [1.82, 2.24) is 15.7 Å². The number of unbranched alkanes of at least 4 members (excludes halogenated alkanes) is 1. The van der Waals surface area contributed by atoms with Gasteiger partial charge in [-0.1, -0.05) is 30.3 Å². The van der Waals surface area contributed by atoms with Crippen molar-refractivity contribution >= 4 is 11.8 Å². The van der Waals surface area contributed by atoms with Gasteiger partial charge in [-0.2, -0.15) is 0 Å². The van der Waals surface area contributed by atoms with Crippen molar-refractivity contribution in [3.63, 3.8) is 0 Å². The van der Waals surface area contributed by atoms with Crippen LogP contribution in [0.1, 0.15) is 37.7 Å². The number of carbonyl (C=O) groups excluding carboxylic acids is 2. The molecule has 1 aliphatic rings. The molecule has 1 fully saturated rings. The van der Waals surface area contributed by atoms with Crippen molar-refractivity contribution in [2.24, 2.45) is 0 Å². The van der Waals surface area contributed by atoms with Crippen molar-refractivity contribution in [3.05, 3.63) is 35.9 Å². The number of nitrogens with zero attached hydrogens (tertiary/aromatic N) is 1. The zero-order valence-electron chi connectivity index (χ0n) is 13.3. The SMILES string of the molecule is O=C(CCCCC(=O)N[C@H]1CCN(Cc2ccccc2)C1)NO. The van der Waals surface area contributed by atoms with Gasteiger partial charge < -0.3 is 5.32 Å². The molecule has 1 aromatic rings. The maximum Gasteiger partial charge on any atom is 0.243 e. The van der Waals surface area contributed by atoms with E-state index in [2.05, 4.69) is 22.3 Å². The highest BCUT2D eigenvalue weighted by atomic mass is 16.5. The molecule has 0 aliphatic carbocycles. The summed E-state index contributed by atoms with van der Waals surface area (Å²) in [7, 11) is 0. The highest BCUT2D eigenvalue weighted by Crippen LogP contribution is 2.13. The highest BCUT2D eigenvalue weighted by molar-refractivity contribution is 5.76. The van der Waals surface area contributed by atoms with Gasteiger partial charge in [-0.25, -0.2) is 5.48 Å². The van der Waals surface area contributed by atoms with Crippen LogP contribution in [0.5, 0.6) is 0 Å². The predicted octanol–water partition coefficient (Wildman–Crippen LogP) is 1.44. The van der Waals surface area contributed by atoms with E-state index in [0.717, 1.165) is 26.1 Å². The molecule has 0 unspecified atom stereocenters. The number of hydrogen-bond acceptors (Lipinski definition) is 4. The summed E-state index contributed by atoms with van der Waals surface area (Å²) in [5.41, 5.74) is 2.88. The summed E-state index contributed by atoms with van der Waals surface area (Å²) in [6, 6.07) is 10.6. The van der Waals surface area contributed by atoms with E-state index in [1.807, 2.05) is 18.2 Å². The van der Waals surface area contributed by atoms with Gasteiger partial charge in [0, 0.05) is 38.5 Å². The minimum atomic E-state index is -0.405. The van der Waals surface area contributed by atoms with Crippen LogP contribution in [0, 0.1) is 0 Å². The molecular formula is C17H25N3O3. The molecule has 2 amide bonds. The molecule has 23 heavy (non-hydrogen) atoms. The van der Waals surface area contributed by atoms with Gasteiger partial charge in [-0.15, -0.1) is 0 Å². The number of likely N-dealkylation sites (tertiary alicyclic amines) is 1. The quantitative estimate of drug-likeness (QED) is 0.385. The fraction of sp³-hybridized carbons (Fsp3) is 0.529. The highest BCUT2D eigenvalue weighted by Gasteiger charge is 2.23. The van der Waals surface area contributed by atoms with E-state index < -0.39 is 5.91 Å². The molecule has 0 saturated carbocycles. The van der Waals surface area contributed by atoms with Crippen LogP contribution in [-0.4, -0.2) is 41.1 Å². The number of nitrogens with one attached hydrogen (secondary N) is 2. The molecule has 0 aromatic heterocycles. The summed E-state index contributed by atoms with van der Waals surface area (Å²) in [5.74, 6) is -0.362. The van der Waals surface area contributed by atoms with Crippen LogP contribution in [-0.2, 0) is 16.1 Å². The first-order valence-corrected chi connectivity index (χ1v) is 8.16. The monoisotopic (exact) mass is 319 g/mol. The van der Waals surface area contributed by atoms with Crippen LogP contribution in [0.2, 0.25) is 0 Å². The van der Waals surface area contributed by atoms with Crippen LogP contribution in [0.25, 0.3) is 0 Å². The van der Waals surface area contributed by atoms with Gasteiger partial charge in [0.25, 0.3) is 0 Å². The number of rotatable bonds is 8. The Kier molecular flexibility index (Phi) is 7.03. The molecule has 6 nitrogen and oxygen atoms in total. The zero-order valence-corrected chi connectivity index (χ0v) is 13.3. The Morgan fingerprint density at radius 3 is 2.52 bits per heavy atom. The minimum Gasteiger partial charge on any atom is -0.352 e. The Morgan fingerprint density at radius 2 is 1.83 bits per heavy atom.